The second kappa shape index (κ2) is 7.98. The third-order valence-corrected chi connectivity index (χ3v) is 4.14. The van der Waals surface area contributed by atoms with Crippen LogP contribution >= 0.6 is 11.8 Å². The zero-order valence-electron chi connectivity index (χ0n) is 11.5. The summed E-state index contributed by atoms with van der Waals surface area (Å²) in [5, 5.41) is 8.72. The maximum atomic E-state index is 12.5. The number of amides is 1. The van der Waals surface area contributed by atoms with E-state index in [-0.39, 0.29) is 12.5 Å². The molecule has 4 heteroatoms. The summed E-state index contributed by atoms with van der Waals surface area (Å²) in [6, 6.07) is 7.44. The molecule has 0 radical (unpaired) electrons. The lowest BCUT2D eigenvalue weighted by molar-refractivity contribution is 0.0768. The first kappa shape index (κ1) is 15.0. The molecule has 20 heavy (non-hydrogen) atoms. The molecule has 1 saturated heterocycles. The summed E-state index contributed by atoms with van der Waals surface area (Å²) in [6.45, 7) is 1.73. The molecule has 1 aliphatic heterocycles. The average Bonchev–Trinajstić information content (AvgIpc) is 2.76. The third kappa shape index (κ3) is 4.29. The lowest BCUT2D eigenvalue weighted by atomic mass is 10.1. The molecule has 1 aliphatic rings. The van der Waals surface area contributed by atoms with Gasteiger partial charge in [-0.15, -0.1) is 0 Å². The highest BCUT2D eigenvalue weighted by Crippen LogP contribution is 2.14. The highest BCUT2D eigenvalue weighted by molar-refractivity contribution is 7.99. The molecular formula is C16H19NO2S. The van der Waals surface area contributed by atoms with Gasteiger partial charge in [0.05, 0.1) is 6.61 Å². The molecule has 1 aromatic carbocycles. The number of carbonyl (C=O) groups excluding carboxylic acids is 1. The van der Waals surface area contributed by atoms with Gasteiger partial charge < -0.3 is 10.0 Å². The van der Waals surface area contributed by atoms with E-state index in [2.05, 4.69) is 11.8 Å². The van der Waals surface area contributed by atoms with Crippen LogP contribution in [0.4, 0.5) is 0 Å². The number of nitrogens with zero attached hydrogens (tertiary/aromatic N) is 1. The molecule has 3 nitrogen and oxygen atoms in total. The molecule has 1 fully saturated rings. The largest absolute Gasteiger partial charge is 0.395 e. The van der Waals surface area contributed by atoms with Crippen LogP contribution in [0.1, 0.15) is 28.8 Å². The van der Waals surface area contributed by atoms with Crippen molar-refractivity contribution in [3.63, 3.8) is 0 Å². The quantitative estimate of drug-likeness (QED) is 0.847. The SMILES string of the molecule is O=C(c1cccc(C#CCCO)c1)N1CCCSCC1. The minimum atomic E-state index is 0.0665. The summed E-state index contributed by atoms with van der Waals surface area (Å²) >= 11 is 1.91. The Bertz CT molecular complexity index is 511. The van der Waals surface area contributed by atoms with Crippen LogP contribution in [0.25, 0.3) is 0 Å². The maximum absolute atomic E-state index is 12.5. The van der Waals surface area contributed by atoms with Gasteiger partial charge in [-0.25, -0.2) is 0 Å². The Morgan fingerprint density at radius 2 is 2.25 bits per heavy atom. The normalized spacial score (nSPS) is 15.2. The standard InChI is InChI=1S/C16H19NO2S/c18-10-2-1-5-14-6-3-7-15(13-14)16(19)17-8-4-11-20-12-9-17/h3,6-7,13,18H,2,4,8-12H2. The van der Waals surface area contributed by atoms with E-state index in [0.29, 0.717) is 12.0 Å². The summed E-state index contributed by atoms with van der Waals surface area (Å²) < 4.78 is 0. The molecule has 0 aromatic heterocycles. The number of hydrogen-bond donors (Lipinski definition) is 1. The Labute approximate surface area is 124 Å². The van der Waals surface area contributed by atoms with Crippen LogP contribution in [0.2, 0.25) is 0 Å². The molecule has 0 bridgehead atoms. The van der Waals surface area contributed by atoms with E-state index in [1.807, 2.05) is 40.9 Å². The van der Waals surface area contributed by atoms with E-state index in [9.17, 15) is 4.79 Å². The van der Waals surface area contributed by atoms with Crippen LogP contribution in [0.5, 0.6) is 0 Å². The van der Waals surface area contributed by atoms with Crippen molar-refractivity contribution in [2.24, 2.45) is 0 Å². The van der Waals surface area contributed by atoms with Crippen molar-refractivity contribution in [2.45, 2.75) is 12.8 Å². The molecule has 0 aliphatic carbocycles. The summed E-state index contributed by atoms with van der Waals surface area (Å²) in [7, 11) is 0. The van der Waals surface area contributed by atoms with Crippen LogP contribution in [0, 0.1) is 11.8 Å². The molecule has 1 heterocycles. The Morgan fingerprint density at radius 3 is 3.10 bits per heavy atom. The van der Waals surface area contributed by atoms with Crippen molar-refractivity contribution in [1.29, 1.82) is 0 Å². The Morgan fingerprint density at radius 1 is 1.35 bits per heavy atom. The zero-order chi connectivity index (χ0) is 14.2. The summed E-state index contributed by atoms with van der Waals surface area (Å²) in [6.07, 6.45) is 1.52. The lowest BCUT2D eigenvalue weighted by Crippen LogP contribution is -2.32. The van der Waals surface area contributed by atoms with Crippen molar-refractivity contribution >= 4 is 17.7 Å². The van der Waals surface area contributed by atoms with Gasteiger partial charge in [0.15, 0.2) is 0 Å². The van der Waals surface area contributed by atoms with E-state index in [1.165, 1.54) is 0 Å². The first-order valence-electron chi connectivity index (χ1n) is 6.88. The number of hydrogen-bond acceptors (Lipinski definition) is 3. The van der Waals surface area contributed by atoms with Gasteiger partial charge >= 0.3 is 0 Å². The molecule has 0 atom stereocenters. The van der Waals surface area contributed by atoms with Crippen LogP contribution in [-0.4, -0.2) is 47.1 Å². The van der Waals surface area contributed by atoms with Gasteiger partial charge in [0.1, 0.15) is 0 Å². The number of benzene rings is 1. The minimum absolute atomic E-state index is 0.0665. The van der Waals surface area contributed by atoms with Gasteiger partial charge in [-0.1, -0.05) is 17.9 Å². The number of thioether (sulfide) groups is 1. The van der Waals surface area contributed by atoms with Gasteiger partial charge in [-0.3, -0.25) is 4.79 Å². The third-order valence-electron chi connectivity index (χ3n) is 3.09. The molecular weight excluding hydrogens is 270 g/mol. The molecule has 106 valence electrons. The van der Waals surface area contributed by atoms with Gasteiger partial charge in [0, 0.05) is 36.4 Å². The number of carbonyl (C=O) groups is 1. The summed E-state index contributed by atoms with van der Waals surface area (Å²) in [5.74, 6) is 8.10. The smallest absolute Gasteiger partial charge is 0.253 e. The summed E-state index contributed by atoms with van der Waals surface area (Å²) in [5.41, 5.74) is 1.53. The van der Waals surface area contributed by atoms with Crippen molar-refractivity contribution in [1.82, 2.24) is 4.90 Å². The Hall–Kier alpha value is -1.44. The molecule has 0 saturated carbocycles. The number of rotatable bonds is 2. The molecule has 0 unspecified atom stereocenters. The predicted octanol–water partition coefficient (Wildman–Crippen LogP) is 2.00. The van der Waals surface area contributed by atoms with Crippen molar-refractivity contribution < 1.29 is 9.90 Å². The van der Waals surface area contributed by atoms with E-state index >= 15 is 0 Å². The maximum Gasteiger partial charge on any atom is 0.253 e. The number of aliphatic hydroxyl groups excluding tert-OH is 1. The van der Waals surface area contributed by atoms with Crippen LogP contribution in [0.3, 0.4) is 0 Å². The van der Waals surface area contributed by atoms with E-state index in [1.54, 1.807) is 0 Å². The highest BCUT2D eigenvalue weighted by Gasteiger charge is 2.17. The van der Waals surface area contributed by atoms with E-state index in [0.717, 1.165) is 36.6 Å². The molecule has 1 amide bonds. The Balaban J connectivity index is 2.09. The molecule has 1 N–H and O–H groups in total. The van der Waals surface area contributed by atoms with Crippen molar-refractivity contribution in [3.8, 4) is 11.8 Å². The second-order valence-electron chi connectivity index (χ2n) is 4.61. The van der Waals surface area contributed by atoms with Gasteiger partial charge in [-0.05, 0) is 30.4 Å². The fourth-order valence-electron chi connectivity index (χ4n) is 2.08. The average molecular weight is 289 g/mol. The van der Waals surface area contributed by atoms with Crippen molar-refractivity contribution in [3.05, 3.63) is 35.4 Å². The fraction of sp³-hybridized carbons (Fsp3) is 0.438. The Kier molecular flexibility index (Phi) is 5.97. The molecule has 2 rings (SSSR count). The molecule has 1 aromatic rings. The van der Waals surface area contributed by atoms with Crippen molar-refractivity contribution in [2.75, 3.05) is 31.2 Å². The van der Waals surface area contributed by atoms with Gasteiger partial charge in [-0.2, -0.15) is 11.8 Å². The van der Waals surface area contributed by atoms with Gasteiger partial charge in [0.2, 0.25) is 0 Å². The van der Waals surface area contributed by atoms with E-state index in [4.69, 9.17) is 5.11 Å². The van der Waals surface area contributed by atoms with E-state index < -0.39 is 0 Å². The van der Waals surface area contributed by atoms with Crippen LogP contribution in [0.15, 0.2) is 24.3 Å². The predicted molar refractivity (Wildman–Crippen MR) is 82.9 cm³/mol. The van der Waals surface area contributed by atoms with Gasteiger partial charge in [0.25, 0.3) is 5.91 Å². The second-order valence-corrected chi connectivity index (χ2v) is 5.84. The topological polar surface area (TPSA) is 40.5 Å². The summed E-state index contributed by atoms with van der Waals surface area (Å²) in [4.78, 5) is 14.4. The van der Waals surface area contributed by atoms with Crippen LogP contribution < -0.4 is 0 Å². The fourth-order valence-corrected chi connectivity index (χ4v) is 2.97. The van der Waals surface area contributed by atoms with Crippen LogP contribution in [-0.2, 0) is 0 Å². The first-order valence-corrected chi connectivity index (χ1v) is 8.03. The highest BCUT2D eigenvalue weighted by atomic mass is 32.2. The molecule has 0 spiro atoms. The monoisotopic (exact) mass is 289 g/mol. The minimum Gasteiger partial charge on any atom is -0.395 e. The zero-order valence-corrected chi connectivity index (χ0v) is 12.3. The lowest BCUT2D eigenvalue weighted by Gasteiger charge is -2.20. The first-order chi connectivity index (χ1) is 9.81. The number of aliphatic hydroxyl groups is 1.